The summed E-state index contributed by atoms with van der Waals surface area (Å²) in [5.74, 6) is -0.0251. The highest BCUT2D eigenvalue weighted by molar-refractivity contribution is 5.88. The summed E-state index contributed by atoms with van der Waals surface area (Å²) in [5, 5.41) is 12.3. The topological polar surface area (TPSA) is 75.4 Å². The van der Waals surface area contributed by atoms with Gasteiger partial charge in [-0.05, 0) is 37.1 Å². The molecule has 2 N–H and O–H groups in total. The first-order valence-electron chi connectivity index (χ1n) is 6.57. The molecule has 0 spiro atoms. The van der Waals surface area contributed by atoms with E-state index in [0.29, 0.717) is 25.2 Å². The summed E-state index contributed by atoms with van der Waals surface area (Å²) in [6.07, 6.45) is 2.27. The first-order chi connectivity index (χ1) is 9.61. The lowest BCUT2D eigenvalue weighted by Gasteiger charge is -2.07. The Balaban J connectivity index is 2.00. The van der Waals surface area contributed by atoms with Crippen molar-refractivity contribution in [1.82, 2.24) is 10.3 Å². The van der Waals surface area contributed by atoms with Gasteiger partial charge in [0.15, 0.2) is 0 Å². The number of nitrogens with zero attached hydrogens (tertiary/aromatic N) is 1. The molecule has 2 aromatic heterocycles. The fraction of sp³-hybridized carbons (Fsp3) is 0.333. The van der Waals surface area contributed by atoms with Crippen LogP contribution in [0.2, 0.25) is 0 Å². The van der Waals surface area contributed by atoms with Crippen molar-refractivity contribution < 1.29 is 14.3 Å². The Hall–Kier alpha value is -2.14. The number of hydrogen-bond acceptors (Lipinski definition) is 4. The van der Waals surface area contributed by atoms with E-state index in [4.69, 9.17) is 9.52 Å². The Bertz CT molecular complexity index is 605. The van der Waals surface area contributed by atoms with Crippen molar-refractivity contribution in [2.24, 2.45) is 0 Å². The summed E-state index contributed by atoms with van der Waals surface area (Å²) in [7, 11) is 0. The molecular formula is C15H18N2O3. The standard InChI is InChI=1S/C15H18N2O3/c1-3-13-12(15(18)19)5-4-11(17-13)8-16-9-14-10(2)6-7-20-14/h4-7,16H,3,8-9H2,1-2H3,(H,18,19). The number of hydrogen-bond donors (Lipinski definition) is 2. The van der Waals surface area contributed by atoms with Gasteiger partial charge in [-0.1, -0.05) is 6.92 Å². The molecule has 0 amide bonds. The van der Waals surface area contributed by atoms with Gasteiger partial charge in [0, 0.05) is 6.54 Å². The van der Waals surface area contributed by atoms with E-state index in [1.807, 2.05) is 19.9 Å². The van der Waals surface area contributed by atoms with Crippen LogP contribution < -0.4 is 5.32 Å². The summed E-state index contributed by atoms with van der Waals surface area (Å²) in [6, 6.07) is 5.28. The van der Waals surface area contributed by atoms with E-state index >= 15 is 0 Å². The third kappa shape index (κ3) is 3.24. The lowest BCUT2D eigenvalue weighted by Crippen LogP contribution is -2.15. The SMILES string of the molecule is CCc1nc(CNCc2occc2C)ccc1C(=O)O. The third-order valence-electron chi connectivity index (χ3n) is 3.16. The van der Waals surface area contributed by atoms with Crippen LogP contribution in [0.5, 0.6) is 0 Å². The number of rotatable bonds is 6. The molecule has 0 aliphatic carbocycles. The molecule has 5 nitrogen and oxygen atoms in total. The zero-order chi connectivity index (χ0) is 14.5. The van der Waals surface area contributed by atoms with E-state index in [1.54, 1.807) is 18.4 Å². The summed E-state index contributed by atoms with van der Waals surface area (Å²) < 4.78 is 5.34. The Morgan fingerprint density at radius 2 is 2.15 bits per heavy atom. The fourth-order valence-electron chi connectivity index (χ4n) is 2.00. The number of carboxylic acids is 1. The average Bonchev–Trinajstić information content (AvgIpc) is 2.84. The molecule has 2 heterocycles. The second-order valence-electron chi connectivity index (χ2n) is 4.59. The van der Waals surface area contributed by atoms with Gasteiger partial charge in [-0.25, -0.2) is 4.79 Å². The Labute approximate surface area is 117 Å². The van der Waals surface area contributed by atoms with E-state index < -0.39 is 5.97 Å². The summed E-state index contributed by atoms with van der Waals surface area (Å²) >= 11 is 0. The molecule has 0 unspecified atom stereocenters. The van der Waals surface area contributed by atoms with Crippen molar-refractivity contribution in [1.29, 1.82) is 0 Å². The fourth-order valence-corrected chi connectivity index (χ4v) is 2.00. The molecule has 5 heteroatoms. The van der Waals surface area contributed by atoms with Crippen LogP contribution in [0.15, 0.2) is 28.9 Å². The molecule has 0 atom stereocenters. The lowest BCUT2D eigenvalue weighted by molar-refractivity contribution is 0.0695. The highest BCUT2D eigenvalue weighted by atomic mass is 16.4. The summed E-state index contributed by atoms with van der Waals surface area (Å²) in [6.45, 7) is 5.10. The molecule has 0 radical (unpaired) electrons. The average molecular weight is 274 g/mol. The molecular weight excluding hydrogens is 256 g/mol. The predicted octanol–water partition coefficient (Wildman–Crippen LogP) is 2.53. The number of aromatic carboxylic acids is 1. The van der Waals surface area contributed by atoms with E-state index in [-0.39, 0.29) is 5.56 Å². The quantitative estimate of drug-likeness (QED) is 0.846. The van der Waals surface area contributed by atoms with Gasteiger partial charge in [-0.2, -0.15) is 0 Å². The smallest absolute Gasteiger partial charge is 0.337 e. The number of nitrogens with one attached hydrogen (secondary N) is 1. The van der Waals surface area contributed by atoms with Crippen LogP contribution in [0.1, 0.15) is 40.0 Å². The molecule has 0 saturated carbocycles. The van der Waals surface area contributed by atoms with Crippen molar-refractivity contribution in [3.63, 3.8) is 0 Å². The van der Waals surface area contributed by atoms with Crippen molar-refractivity contribution in [3.05, 3.63) is 52.7 Å². The number of carboxylic acid groups (broad SMARTS) is 1. The minimum Gasteiger partial charge on any atom is -0.478 e. The minimum absolute atomic E-state index is 0.276. The first-order valence-corrected chi connectivity index (χ1v) is 6.57. The van der Waals surface area contributed by atoms with Gasteiger partial charge >= 0.3 is 5.97 Å². The van der Waals surface area contributed by atoms with E-state index in [9.17, 15) is 4.79 Å². The highest BCUT2D eigenvalue weighted by Crippen LogP contribution is 2.10. The Kier molecular flexibility index (Phi) is 4.53. The van der Waals surface area contributed by atoms with Gasteiger partial charge in [0.1, 0.15) is 5.76 Å². The molecule has 0 saturated heterocycles. The van der Waals surface area contributed by atoms with Crippen molar-refractivity contribution in [2.75, 3.05) is 0 Å². The van der Waals surface area contributed by atoms with Crippen LogP contribution in [0.25, 0.3) is 0 Å². The maximum Gasteiger partial charge on any atom is 0.337 e. The highest BCUT2D eigenvalue weighted by Gasteiger charge is 2.10. The van der Waals surface area contributed by atoms with Gasteiger partial charge in [-0.15, -0.1) is 0 Å². The summed E-state index contributed by atoms with van der Waals surface area (Å²) in [5.41, 5.74) is 2.83. The molecule has 2 rings (SSSR count). The second kappa shape index (κ2) is 6.34. The van der Waals surface area contributed by atoms with Crippen LogP contribution in [0.4, 0.5) is 0 Å². The zero-order valence-corrected chi connectivity index (χ0v) is 11.6. The van der Waals surface area contributed by atoms with Crippen LogP contribution in [0, 0.1) is 6.92 Å². The zero-order valence-electron chi connectivity index (χ0n) is 11.6. The molecule has 20 heavy (non-hydrogen) atoms. The van der Waals surface area contributed by atoms with Crippen molar-refractivity contribution >= 4 is 5.97 Å². The molecule has 0 bridgehead atoms. The van der Waals surface area contributed by atoms with E-state index in [2.05, 4.69) is 10.3 Å². The van der Waals surface area contributed by atoms with Crippen LogP contribution >= 0.6 is 0 Å². The maximum atomic E-state index is 11.0. The summed E-state index contributed by atoms with van der Waals surface area (Å²) in [4.78, 5) is 15.4. The van der Waals surface area contributed by atoms with Crippen molar-refractivity contribution in [2.45, 2.75) is 33.4 Å². The molecule has 2 aromatic rings. The van der Waals surface area contributed by atoms with Gasteiger partial charge in [0.05, 0.1) is 29.8 Å². The Morgan fingerprint density at radius 3 is 2.75 bits per heavy atom. The van der Waals surface area contributed by atoms with Crippen molar-refractivity contribution in [3.8, 4) is 0 Å². The molecule has 0 aliphatic heterocycles. The number of aromatic nitrogens is 1. The van der Waals surface area contributed by atoms with Gasteiger partial charge in [0.2, 0.25) is 0 Å². The van der Waals surface area contributed by atoms with E-state index in [0.717, 1.165) is 17.0 Å². The molecule has 0 aromatic carbocycles. The molecule has 0 fully saturated rings. The largest absolute Gasteiger partial charge is 0.478 e. The van der Waals surface area contributed by atoms with E-state index in [1.165, 1.54) is 0 Å². The number of pyridine rings is 1. The van der Waals surface area contributed by atoms with Crippen LogP contribution in [0.3, 0.4) is 0 Å². The second-order valence-corrected chi connectivity index (χ2v) is 4.59. The van der Waals surface area contributed by atoms with Crippen LogP contribution in [-0.2, 0) is 19.5 Å². The number of furan rings is 1. The van der Waals surface area contributed by atoms with Crippen LogP contribution in [-0.4, -0.2) is 16.1 Å². The molecule has 0 aliphatic rings. The third-order valence-corrected chi connectivity index (χ3v) is 3.16. The normalized spacial score (nSPS) is 10.7. The monoisotopic (exact) mass is 274 g/mol. The van der Waals surface area contributed by atoms with Gasteiger partial charge in [-0.3, -0.25) is 4.98 Å². The predicted molar refractivity (Wildman–Crippen MR) is 74.6 cm³/mol. The Morgan fingerprint density at radius 1 is 1.35 bits per heavy atom. The first kappa shape index (κ1) is 14.3. The number of carbonyl (C=O) groups is 1. The maximum absolute atomic E-state index is 11.0. The number of aryl methyl sites for hydroxylation is 2. The van der Waals surface area contributed by atoms with Gasteiger partial charge in [0.25, 0.3) is 0 Å². The molecule has 106 valence electrons. The lowest BCUT2D eigenvalue weighted by atomic mass is 10.1. The minimum atomic E-state index is -0.930. The van der Waals surface area contributed by atoms with Gasteiger partial charge < -0.3 is 14.8 Å².